The van der Waals surface area contributed by atoms with E-state index < -0.39 is 10.0 Å². The van der Waals surface area contributed by atoms with E-state index >= 15 is 0 Å². The van der Waals surface area contributed by atoms with Crippen molar-refractivity contribution >= 4 is 10.0 Å². The molecule has 118 valence electrons. The molecule has 1 aromatic heterocycles. The minimum Gasteiger partial charge on any atom is -0.491 e. The molecule has 0 fully saturated rings. The summed E-state index contributed by atoms with van der Waals surface area (Å²) in [7, 11) is -1.96. The quantitative estimate of drug-likeness (QED) is 0.821. The molecule has 2 aromatic rings. The fraction of sp³-hybridized carbons (Fsp3) is 0.312. The van der Waals surface area contributed by atoms with Crippen molar-refractivity contribution < 1.29 is 13.2 Å². The van der Waals surface area contributed by atoms with Crippen LogP contribution in [0.25, 0.3) is 0 Å². The standard InChI is InChI=1S/C16H20N2O3S/c1-13(2)21-15-4-6-16(7-5-15)22(19,20)18(3)12-14-8-10-17-11-9-14/h4-11,13H,12H2,1-3H3. The van der Waals surface area contributed by atoms with Crippen LogP contribution in [0.5, 0.6) is 5.75 Å². The molecule has 0 saturated carbocycles. The molecule has 0 N–H and O–H groups in total. The second-order valence-corrected chi connectivity index (χ2v) is 7.30. The third-order valence-corrected chi connectivity index (χ3v) is 4.88. The average molecular weight is 320 g/mol. The number of hydrogen-bond acceptors (Lipinski definition) is 4. The van der Waals surface area contributed by atoms with E-state index in [9.17, 15) is 8.42 Å². The van der Waals surface area contributed by atoms with Gasteiger partial charge in [0, 0.05) is 26.0 Å². The van der Waals surface area contributed by atoms with Crippen LogP contribution in [0.2, 0.25) is 0 Å². The Morgan fingerprint density at radius 2 is 1.68 bits per heavy atom. The van der Waals surface area contributed by atoms with E-state index in [1.165, 1.54) is 4.31 Å². The van der Waals surface area contributed by atoms with E-state index in [0.717, 1.165) is 5.56 Å². The van der Waals surface area contributed by atoms with Gasteiger partial charge < -0.3 is 4.74 Å². The maximum absolute atomic E-state index is 12.5. The van der Waals surface area contributed by atoms with Crippen LogP contribution in [-0.2, 0) is 16.6 Å². The lowest BCUT2D eigenvalue weighted by molar-refractivity contribution is 0.242. The topological polar surface area (TPSA) is 59.5 Å². The van der Waals surface area contributed by atoms with E-state index in [-0.39, 0.29) is 11.0 Å². The van der Waals surface area contributed by atoms with Crippen molar-refractivity contribution in [3.63, 3.8) is 0 Å². The monoisotopic (exact) mass is 320 g/mol. The maximum Gasteiger partial charge on any atom is 0.243 e. The summed E-state index contributed by atoms with van der Waals surface area (Å²) < 4.78 is 31.9. The number of nitrogens with zero attached hydrogens (tertiary/aromatic N) is 2. The second kappa shape index (κ2) is 6.89. The van der Waals surface area contributed by atoms with E-state index in [0.29, 0.717) is 12.3 Å². The van der Waals surface area contributed by atoms with E-state index in [4.69, 9.17) is 4.74 Å². The molecule has 0 atom stereocenters. The third kappa shape index (κ3) is 4.05. The van der Waals surface area contributed by atoms with Gasteiger partial charge in [0.05, 0.1) is 11.0 Å². The van der Waals surface area contributed by atoms with E-state index in [1.54, 1.807) is 55.8 Å². The van der Waals surface area contributed by atoms with Gasteiger partial charge >= 0.3 is 0 Å². The summed E-state index contributed by atoms with van der Waals surface area (Å²) in [6.07, 6.45) is 3.35. The summed E-state index contributed by atoms with van der Waals surface area (Å²) in [6, 6.07) is 10.1. The summed E-state index contributed by atoms with van der Waals surface area (Å²) in [5.41, 5.74) is 0.890. The highest BCUT2D eigenvalue weighted by molar-refractivity contribution is 7.89. The van der Waals surface area contributed by atoms with Crippen LogP contribution in [0.15, 0.2) is 53.7 Å². The lowest BCUT2D eigenvalue weighted by Crippen LogP contribution is -2.26. The van der Waals surface area contributed by atoms with Crippen molar-refractivity contribution in [2.24, 2.45) is 0 Å². The molecule has 1 heterocycles. The van der Waals surface area contributed by atoms with Crippen LogP contribution < -0.4 is 4.74 Å². The zero-order valence-electron chi connectivity index (χ0n) is 12.9. The number of ether oxygens (including phenoxy) is 1. The first-order valence-corrected chi connectivity index (χ1v) is 8.45. The van der Waals surface area contributed by atoms with Crippen molar-refractivity contribution in [1.82, 2.24) is 9.29 Å². The van der Waals surface area contributed by atoms with Gasteiger partial charge in [-0.1, -0.05) is 0 Å². The summed E-state index contributed by atoms with van der Waals surface area (Å²) in [5, 5.41) is 0. The van der Waals surface area contributed by atoms with Gasteiger partial charge in [0.15, 0.2) is 0 Å². The number of sulfonamides is 1. The average Bonchev–Trinajstić information content (AvgIpc) is 2.48. The Kier molecular flexibility index (Phi) is 5.15. The molecule has 0 aliphatic carbocycles. The highest BCUT2D eigenvalue weighted by atomic mass is 32.2. The lowest BCUT2D eigenvalue weighted by atomic mass is 10.3. The van der Waals surface area contributed by atoms with Crippen LogP contribution >= 0.6 is 0 Å². The van der Waals surface area contributed by atoms with Crippen LogP contribution in [0.4, 0.5) is 0 Å². The maximum atomic E-state index is 12.5. The zero-order chi connectivity index (χ0) is 16.2. The van der Waals surface area contributed by atoms with Crippen molar-refractivity contribution in [3.05, 3.63) is 54.4 Å². The Balaban J connectivity index is 2.15. The van der Waals surface area contributed by atoms with Gasteiger partial charge in [-0.2, -0.15) is 4.31 Å². The molecule has 0 aliphatic rings. The van der Waals surface area contributed by atoms with Gasteiger partial charge in [-0.25, -0.2) is 8.42 Å². The molecular formula is C16H20N2O3S. The molecule has 0 radical (unpaired) electrons. The minimum absolute atomic E-state index is 0.0526. The first-order chi connectivity index (χ1) is 10.4. The molecular weight excluding hydrogens is 300 g/mol. The molecule has 22 heavy (non-hydrogen) atoms. The van der Waals surface area contributed by atoms with Gasteiger partial charge in [-0.15, -0.1) is 0 Å². The largest absolute Gasteiger partial charge is 0.491 e. The first kappa shape index (κ1) is 16.5. The highest BCUT2D eigenvalue weighted by Crippen LogP contribution is 2.20. The number of benzene rings is 1. The van der Waals surface area contributed by atoms with Crippen molar-refractivity contribution in [2.45, 2.75) is 31.4 Å². The summed E-state index contributed by atoms with van der Waals surface area (Å²) in [5.74, 6) is 0.658. The normalized spacial score (nSPS) is 11.9. The number of pyridine rings is 1. The Hall–Kier alpha value is -1.92. The van der Waals surface area contributed by atoms with Crippen LogP contribution in [-0.4, -0.2) is 30.9 Å². The van der Waals surface area contributed by atoms with Crippen LogP contribution in [0.3, 0.4) is 0 Å². The summed E-state index contributed by atoms with van der Waals surface area (Å²) in [4.78, 5) is 4.17. The molecule has 1 aromatic carbocycles. The number of rotatable bonds is 6. The van der Waals surface area contributed by atoms with Crippen LogP contribution in [0.1, 0.15) is 19.4 Å². The zero-order valence-corrected chi connectivity index (χ0v) is 13.7. The predicted molar refractivity (Wildman–Crippen MR) is 85.1 cm³/mol. The van der Waals surface area contributed by atoms with Crippen LogP contribution in [0, 0.1) is 0 Å². The lowest BCUT2D eigenvalue weighted by Gasteiger charge is -2.17. The van der Waals surface area contributed by atoms with Gasteiger partial charge in [-0.05, 0) is 55.8 Å². The number of aromatic nitrogens is 1. The van der Waals surface area contributed by atoms with Crippen molar-refractivity contribution in [2.75, 3.05) is 7.05 Å². The molecule has 0 saturated heterocycles. The molecule has 5 nitrogen and oxygen atoms in total. The molecule has 0 bridgehead atoms. The highest BCUT2D eigenvalue weighted by Gasteiger charge is 2.20. The van der Waals surface area contributed by atoms with Gasteiger partial charge in [0.25, 0.3) is 0 Å². The fourth-order valence-corrected chi connectivity index (χ4v) is 3.13. The Morgan fingerprint density at radius 1 is 1.09 bits per heavy atom. The second-order valence-electron chi connectivity index (χ2n) is 5.25. The molecule has 6 heteroatoms. The smallest absolute Gasteiger partial charge is 0.243 e. The van der Waals surface area contributed by atoms with Crippen molar-refractivity contribution in [3.8, 4) is 5.75 Å². The van der Waals surface area contributed by atoms with E-state index in [2.05, 4.69) is 4.98 Å². The third-order valence-electron chi connectivity index (χ3n) is 3.06. The van der Waals surface area contributed by atoms with Crippen molar-refractivity contribution in [1.29, 1.82) is 0 Å². The van der Waals surface area contributed by atoms with Gasteiger partial charge in [0.2, 0.25) is 10.0 Å². The first-order valence-electron chi connectivity index (χ1n) is 7.01. The fourth-order valence-electron chi connectivity index (χ4n) is 1.97. The summed E-state index contributed by atoms with van der Waals surface area (Å²) >= 11 is 0. The van der Waals surface area contributed by atoms with Gasteiger partial charge in [-0.3, -0.25) is 4.98 Å². The Bertz CT molecular complexity index is 698. The molecule has 0 spiro atoms. The SMILES string of the molecule is CC(C)Oc1ccc(S(=O)(=O)N(C)Cc2ccncc2)cc1. The molecule has 0 aliphatic heterocycles. The Morgan fingerprint density at radius 3 is 2.23 bits per heavy atom. The van der Waals surface area contributed by atoms with Gasteiger partial charge in [0.1, 0.15) is 5.75 Å². The molecule has 0 amide bonds. The molecule has 2 rings (SSSR count). The summed E-state index contributed by atoms with van der Waals surface area (Å²) in [6.45, 7) is 4.15. The molecule has 0 unspecified atom stereocenters. The minimum atomic E-state index is -3.53. The Labute approximate surface area is 131 Å². The predicted octanol–water partition coefficient (Wildman–Crippen LogP) is 2.69. The number of hydrogen-bond donors (Lipinski definition) is 0. The van der Waals surface area contributed by atoms with E-state index in [1.807, 2.05) is 13.8 Å².